The Morgan fingerprint density at radius 1 is 0.957 bits per heavy atom. The first-order valence-electron chi connectivity index (χ1n) is 9.05. The molecule has 0 saturated carbocycles. The number of fused-ring (bicyclic) bond motifs is 1. The zero-order valence-electron chi connectivity index (χ0n) is 13.9. The largest absolute Gasteiger partial charge is 0.381 e. The molecule has 0 spiro atoms. The van der Waals surface area contributed by atoms with Crippen LogP contribution in [-0.2, 0) is 16.0 Å². The molecule has 4 rings (SSSR count). The Labute approximate surface area is 139 Å². The predicted octanol–water partition coefficient (Wildman–Crippen LogP) is 1.86. The number of rotatable bonds is 4. The lowest BCUT2D eigenvalue weighted by atomic mass is 10.0. The van der Waals surface area contributed by atoms with Crippen LogP contribution in [0, 0.1) is 11.8 Å². The van der Waals surface area contributed by atoms with E-state index in [-0.39, 0.29) is 0 Å². The zero-order chi connectivity index (χ0) is 15.5. The van der Waals surface area contributed by atoms with E-state index in [1.54, 1.807) is 0 Å². The van der Waals surface area contributed by atoms with E-state index in [1.807, 2.05) is 0 Å². The van der Waals surface area contributed by atoms with Gasteiger partial charge in [0.1, 0.15) is 0 Å². The third kappa shape index (κ3) is 3.94. The molecule has 0 N–H and O–H groups in total. The number of ether oxygens (including phenoxy) is 2. The highest BCUT2D eigenvalue weighted by Crippen LogP contribution is 2.29. The van der Waals surface area contributed by atoms with Gasteiger partial charge in [0.25, 0.3) is 0 Å². The lowest BCUT2D eigenvalue weighted by Gasteiger charge is -2.27. The molecule has 3 aliphatic rings. The maximum Gasteiger partial charge on any atom is 0.0828 e. The number of hydrogen-bond donors (Lipinski definition) is 0. The van der Waals surface area contributed by atoms with Crippen LogP contribution in [0.25, 0.3) is 0 Å². The summed E-state index contributed by atoms with van der Waals surface area (Å²) < 4.78 is 11.7. The van der Waals surface area contributed by atoms with Gasteiger partial charge in [-0.1, -0.05) is 30.3 Å². The molecule has 3 heterocycles. The minimum absolute atomic E-state index is 0.348. The van der Waals surface area contributed by atoms with Gasteiger partial charge in [-0.25, -0.2) is 0 Å². The van der Waals surface area contributed by atoms with Crippen molar-refractivity contribution in [1.82, 2.24) is 9.80 Å². The molecule has 126 valence electrons. The Morgan fingerprint density at radius 2 is 1.74 bits per heavy atom. The summed E-state index contributed by atoms with van der Waals surface area (Å²) >= 11 is 0. The quantitative estimate of drug-likeness (QED) is 0.846. The maximum absolute atomic E-state index is 6.14. The van der Waals surface area contributed by atoms with E-state index in [4.69, 9.17) is 9.47 Å². The third-order valence-electron chi connectivity index (χ3n) is 5.46. The van der Waals surface area contributed by atoms with E-state index in [2.05, 4.69) is 40.1 Å². The Kier molecular flexibility index (Phi) is 4.95. The van der Waals surface area contributed by atoms with Gasteiger partial charge in [0.05, 0.1) is 19.3 Å². The Hall–Kier alpha value is -0.940. The molecule has 0 aliphatic carbocycles. The molecule has 0 radical (unpaired) electrons. The van der Waals surface area contributed by atoms with Crippen molar-refractivity contribution in [3.8, 4) is 0 Å². The molecule has 3 atom stereocenters. The van der Waals surface area contributed by atoms with Crippen molar-refractivity contribution in [3.63, 3.8) is 0 Å². The fourth-order valence-electron chi connectivity index (χ4n) is 4.29. The van der Waals surface area contributed by atoms with E-state index in [9.17, 15) is 0 Å². The maximum atomic E-state index is 6.14. The van der Waals surface area contributed by atoms with Crippen LogP contribution in [0.5, 0.6) is 0 Å². The highest BCUT2D eigenvalue weighted by Gasteiger charge is 2.38. The van der Waals surface area contributed by atoms with E-state index in [0.29, 0.717) is 6.10 Å². The van der Waals surface area contributed by atoms with Gasteiger partial charge in [0.2, 0.25) is 0 Å². The molecule has 3 saturated heterocycles. The molecular formula is C19H28N2O2. The molecule has 3 aliphatic heterocycles. The summed E-state index contributed by atoms with van der Waals surface area (Å²) in [6, 6.07) is 10.8. The van der Waals surface area contributed by atoms with Gasteiger partial charge in [-0.3, -0.25) is 9.80 Å². The predicted molar refractivity (Wildman–Crippen MR) is 90.3 cm³/mol. The molecule has 0 amide bonds. The number of nitrogens with zero attached hydrogens (tertiary/aromatic N) is 2. The van der Waals surface area contributed by atoms with Crippen LogP contribution in [0.3, 0.4) is 0 Å². The average Bonchev–Trinajstić information content (AvgIpc) is 3.06. The lowest BCUT2D eigenvalue weighted by Crippen LogP contribution is -2.39. The SMILES string of the molecule is c1ccc(CN2CCCOC(CN3C[C@H]4COC[C@H]4C3)C2)cc1. The van der Waals surface area contributed by atoms with Crippen molar-refractivity contribution in [2.75, 3.05) is 52.5 Å². The van der Waals surface area contributed by atoms with Gasteiger partial charge in [-0.05, 0) is 12.0 Å². The number of benzene rings is 1. The molecule has 1 aromatic rings. The van der Waals surface area contributed by atoms with Crippen LogP contribution >= 0.6 is 0 Å². The van der Waals surface area contributed by atoms with E-state index < -0.39 is 0 Å². The topological polar surface area (TPSA) is 24.9 Å². The standard InChI is InChI=1S/C19H28N2O2/c1-2-5-16(6-3-1)9-20-7-4-8-23-19(12-20)13-21-10-17-14-22-15-18(17)11-21/h1-3,5-6,17-19H,4,7-15H2/t17-,18+,19?. The lowest BCUT2D eigenvalue weighted by molar-refractivity contribution is 0.0266. The summed E-state index contributed by atoms with van der Waals surface area (Å²) in [6.45, 7) is 9.55. The second kappa shape index (κ2) is 7.31. The molecule has 4 nitrogen and oxygen atoms in total. The van der Waals surface area contributed by atoms with E-state index in [1.165, 1.54) is 18.7 Å². The van der Waals surface area contributed by atoms with Gasteiger partial charge < -0.3 is 9.47 Å². The molecule has 4 heteroatoms. The summed E-state index contributed by atoms with van der Waals surface area (Å²) in [7, 11) is 0. The summed E-state index contributed by atoms with van der Waals surface area (Å²) in [5.41, 5.74) is 1.40. The van der Waals surface area contributed by atoms with Gasteiger partial charge in [-0.2, -0.15) is 0 Å². The molecule has 0 aromatic heterocycles. The van der Waals surface area contributed by atoms with Crippen molar-refractivity contribution in [2.24, 2.45) is 11.8 Å². The van der Waals surface area contributed by atoms with Gasteiger partial charge >= 0.3 is 0 Å². The monoisotopic (exact) mass is 316 g/mol. The fraction of sp³-hybridized carbons (Fsp3) is 0.684. The summed E-state index contributed by atoms with van der Waals surface area (Å²) in [6.07, 6.45) is 1.49. The summed E-state index contributed by atoms with van der Waals surface area (Å²) in [5.74, 6) is 1.53. The number of hydrogen-bond acceptors (Lipinski definition) is 4. The van der Waals surface area contributed by atoms with Crippen LogP contribution < -0.4 is 0 Å². The van der Waals surface area contributed by atoms with Crippen LogP contribution in [0.1, 0.15) is 12.0 Å². The smallest absolute Gasteiger partial charge is 0.0828 e. The summed E-state index contributed by atoms with van der Waals surface area (Å²) in [4.78, 5) is 5.17. The first-order valence-corrected chi connectivity index (χ1v) is 9.05. The van der Waals surface area contributed by atoms with E-state index >= 15 is 0 Å². The Morgan fingerprint density at radius 3 is 2.52 bits per heavy atom. The highest BCUT2D eigenvalue weighted by atomic mass is 16.5. The second-order valence-corrected chi connectivity index (χ2v) is 7.34. The first-order chi connectivity index (χ1) is 11.4. The number of likely N-dealkylation sites (tertiary alicyclic amines) is 1. The Balaban J connectivity index is 1.31. The van der Waals surface area contributed by atoms with Crippen molar-refractivity contribution in [1.29, 1.82) is 0 Å². The first kappa shape index (κ1) is 15.6. The molecule has 0 bridgehead atoms. The van der Waals surface area contributed by atoms with Gasteiger partial charge in [-0.15, -0.1) is 0 Å². The zero-order valence-corrected chi connectivity index (χ0v) is 13.9. The van der Waals surface area contributed by atoms with Crippen LogP contribution in [0.4, 0.5) is 0 Å². The molecule has 23 heavy (non-hydrogen) atoms. The minimum Gasteiger partial charge on any atom is -0.381 e. The van der Waals surface area contributed by atoms with Gasteiger partial charge in [0.15, 0.2) is 0 Å². The second-order valence-electron chi connectivity index (χ2n) is 7.34. The Bertz CT molecular complexity index is 483. The molecule has 1 aromatic carbocycles. The van der Waals surface area contributed by atoms with Crippen molar-refractivity contribution in [3.05, 3.63) is 35.9 Å². The molecule has 1 unspecified atom stereocenters. The average molecular weight is 316 g/mol. The van der Waals surface area contributed by atoms with Crippen molar-refractivity contribution >= 4 is 0 Å². The third-order valence-corrected chi connectivity index (χ3v) is 5.46. The highest BCUT2D eigenvalue weighted by molar-refractivity contribution is 5.14. The fourth-order valence-corrected chi connectivity index (χ4v) is 4.29. The summed E-state index contributed by atoms with van der Waals surface area (Å²) in [5, 5.41) is 0. The molecule has 3 fully saturated rings. The van der Waals surface area contributed by atoms with Crippen LogP contribution in [0.15, 0.2) is 30.3 Å². The van der Waals surface area contributed by atoms with E-state index in [0.717, 1.165) is 64.3 Å². The van der Waals surface area contributed by atoms with Gasteiger partial charge in [0, 0.05) is 57.7 Å². The normalized spacial score (nSPS) is 32.8. The van der Waals surface area contributed by atoms with Crippen molar-refractivity contribution < 1.29 is 9.47 Å². The molecular weight excluding hydrogens is 288 g/mol. The minimum atomic E-state index is 0.348. The van der Waals surface area contributed by atoms with Crippen LogP contribution in [0.2, 0.25) is 0 Å². The van der Waals surface area contributed by atoms with Crippen molar-refractivity contribution in [2.45, 2.75) is 19.1 Å². The van der Waals surface area contributed by atoms with Crippen LogP contribution in [-0.4, -0.2) is 68.4 Å².